The molecule has 35 nitrogen and oxygen atoms in total. The van der Waals surface area contributed by atoms with Crippen molar-refractivity contribution < 1.29 is 136 Å². The fourth-order valence-electron chi connectivity index (χ4n) is 27.1. The van der Waals surface area contributed by atoms with E-state index in [1.807, 2.05) is 82.3 Å². The summed E-state index contributed by atoms with van der Waals surface area (Å²) in [7, 11) is 2.53. The van der Waals surface area contributed by atoms with Crippen molar-refractivity contribution in [3.05, 3.63) is 146 Å². The molecular weight excluding hydrogens is 1860 g/mol. The molecule has 1 aromatic heterocycles. The van der Waals surface area contributed by atoms with Crippen molar-refractivity contribution >= 4 is 106 Å². The van der Waals surface area contributed by atoms with Crippen LogP contribution in [0.5, 0.6) is 23.0 Å². The number of phenols is 2. The van der Waals surface area contributed by atoms with Gasteiger partial charge in [0.25, 0.3) is 0 Å². The Balaban J connectivity index is 0.000000150. The Labute approximate surface area is 814 Å². The highest BCUT2D eigenvalue weighted by Crippen LogP contribution is 2.71. The second-order valence-electron chi connectivity index (χ2n) is 40.2. The number of aliphatic hydroxyl groups is 7. The standard InChI is InChI=1S/C46H56N4O10.C27H29NO11.C21H26O5.C7H15Cl2N2O2P/c1-7-42(55)22-28-23-45(40(53)58-5,36-30(16-20-48(24-28)25-42)29-12-9-10-13-33(29)47-36)32-15-14-31-34(35(32)57-4)50(26-51)38-44(31)18-21-49-19-11-17-43(8-2,37(44)49)39(60-27(3)52)46(38,56)41(54)59-6;1-10-22(31)13(28)6-17(38-10)39-15-8-27(36,16(30)9-29)7-12-19(15)26(35)21-20(24(12)33)23(32)11-4-3-5-14(37-2)18(11)25(21)34;1-19-7-5-13(23)9-12(19)3-4-14-15-6-8-21(26,17(25)11-22)20(15,2)10-16(24)18(14)19;8-2-5-11(6-3-9)14(12)10-4-1-7-13-14/h9-15,17,26,28,37-39,47,55-56H,7-8,16,18-25H2,1-6H3;3-5,10,13,15,17,22,29,31,33,35-36H,6-9,28H2,1-2H3;5,7,9,14-15,18,22,26H,3-4,6,8,10-11H2,1-2H3;1-7H2,(H,10,12)/t28-,37-,38+,39+,42-,43+,44+,45-,46-;10-,13-,15-,17-,22+,27-;14-,15-,18+,19-,20-,21-;/m000./s1. The molecule has 1 spiro atoms. The van der Waals surface area contributed by atoms with E-state index in [1.165, 1.54) is 58.5 Å². The number of aromatic hydroxyl groups is 2. The van der Waals surface area contributed by atoms with Crippen molar-refractivity contribution in [1.29, 1.82) is 0 Å². The number of methoxy groups -OCH3 is 4. The number of ketones is 6. The molecule has 1 amide bonds. The molecule has 8 fully saturated rings. The summed E-state index contributed by atoms with van der Waals surface area (Å²) >= 11 is 11.2. The fraction of sp³-hybridized carbons (Fsp3) is 0.584. The van der Waals surface area contributed by atoms with Crippen molar-refractivity contribution in [2.75, 3.05) is 117 Å². The number of Topliss-reactive ketones (excluding diaryl/α,β-unsaturated/α-hetero) is 3. The van der Waals surface area contributed by atoms with E-state index in [1.54, 1.807) is 23.7 Å². The number of alkyl halides is 2. The van der Waals surface area contributed by atoms with Crippen LogP contribution in [-0.4, -0.2) is 302 Å². The molecule has 5 aromatic rings. The van der Waals surface area contributed by atoms with Gasteiger partial charge < -0.3 is 99.3 Å². The number of esters is 3. The first-order chi connectivity index (χ1) is 66.1. The number of piperidine rings is 1. The lowest BCUT2D eigenvalue weighted by Crippen LogP contribution is -2.81. The van der Waals surface area contributed by atoms with Crippen molar-refractivity contribution in [1.82, 2.24) is 24.5 Å². The summed E-state index contributed by atoms with van der Waals surface area (Å²) in [5, 5.41) is 103. The van der Waals surface area contributed by atoms with Crippen LogP contribution >= 0.6 is 30.9 Å². The number of hydrogen-bond donors (Lipinski definition) is 12. The Bertz CT molecular complexity index is 5880. The number of hydrogen-bond acceptors (Lipinski definition) is 31. The minimum absolute atomic E-state index is 0.0173. The molecule has 7 aliphatic heterocycles. The molecule has 38 heteroatoms. The molecule has 752 valence electrons. The molecule has 2 unspecified atom stereocenters. The van der Waals surface area contributed by atoms with Crippen molar-refractivity contribution in [3.8, 4) is 23.0 Å². The number of allylic oxidation sites excluding steroid dienone is 4. The van der Waals surface area contributed by atoms with E-state index >= 15 is 4.79 Å². The fourth-order valence-corrected chi connectivity index (χ4v) is 29.7. The van der Waals surface area contributed by atoms with E-state index in [2.05, 4.69) is 19.9 Å². The first kappa shape index (κ1) is 103. The van der Waals surface area contributed by atoms with Gasteiger partial charge in [-0.3, -0.25) is 57.5 Å². The molecule has 8 heterocycles. The highest BCUT2D eigenvalue weighted by Gasteiger charge is 2.82. The maximum atomic E-state index is 15.2. The van der Waals surface area contributed by atoms with Gasteiger partial charge in [-0.05, 0) is 137 Å². The maximum Gasteiger partial charge on any atom is 0.344 e. The molecular formula is C101H126Cl2N7O28P. The number of aromatic amines is 1. The number of ether oxygens (including phenoxy) is 7. The number of carbonyl (C=O) groups is 10. The summed E-state index contributed by atoms with van der Waals surface area (Å²) in [5.74, 6) is -5.72. The van der Waals surface area contributed by atoms with Crippen LogP contribution in [0, 0.1) is 39.9 Å². The molecule has 4 saturated carbocycles. The molecule has 139 heavy (non-hydrogen) atoms. The van der Waals surface area contributed by atoms with Crippen LogP contribution in [0.15, 0.2) is 90.6 Å². The highest BCUT2D eigenvalue weighted by atomic mass is 35.5. The van der Waals surface area contributed by atoms with Crippen LogP contribution in [0.4, 0.5) is 5.69 Å². The lowest BCUT2D eigenvalue weighted by molar-refractivity contribution is -0.247. The number of nitrogens with two attached hydrogens (primary N) is 1. The van der Waals surface area contributed by atoms with E-state index < -0.39 is 196 Å². The van der Waals surface area contributed by atoms with Crippen molar-refractivity contribution in [3.63, 3.8) is 0 Å². The number of rotatable bonds is 20. The number of benzene rings is 4. The lowest BCUT2D eigenvalue weighted by Gasteiger charge is -2.63. The van der Waals surface area contributed by atoms with E-state index in [-0.39, 0.29) is 88.3 Å². The Kier molecular flexibility index (Phi) is 28.8. The molecule has 13 N–H and O–H groups in total. The van der Waals surface area contributed by atoms with Crippen molar-refractivity contribution in [2.24, 2.45) is 45.7 Å². The molecule has 4 saturated heterocycles. The normalized spacial score (nSPS) is 35.8. The second-order valence-corrected chi connectivity index (χ2v) is 43.1. The topological polar surface area (TPSA) is 510 Å². The van der Waals surface area contributed by atoms with E-state index in [0.29, 0.717) is 138 Å². The molecule has 7 aliphatic carbocycles. The predicted octanol–water partition coefficient (Wildman–Crippen LogP) is 7.17. The second kappa shape index (κ2) is 38.9. The number of aliphatic hydroxyl groups excluding tert-OH is 3. The molecule has 4 aromatic carbocycles. The summed E-state index contributed by atoms with van der Waals surface area (Å²) in [6, 6.07) is 13.7. The summed E-state index contributed by atoms with van der Waals surface area (Å²) in [5.41, 5.74) is -2.82. The number of amides is 1. The minimum Gasteiger partial charge on any atom is -0.507 e. The summed E-state index contributed by atoms with van der Waals surface area (Å²) in [6.07, 6.45) is 9.38. The number of carbonyl (C=O) groups excluding carboxylic acids is 10. The number of fused-ring (bicyclic) bond motifs is 14. The Morgan fingerprint density at radius 2 is 1.50 bits per heavy atom. The number of halogens is 2. The van der Waals surface area contributed by atoms with E-state index in [9.17, 15) is 93.7 Å². The smallest absolute Gasteiger partial charge is 0.344 e. The Morgan fingerprint density at radius 1 is 0.791 bits per heavy atom. The SMILES string of the molecule is CC[C@]1(O)C[C@@H]2CN(CCc3c([nH]c4ccccc34)[C@@](C(=O)OC)(c3ccc4c(c3OC)N(C=O)[C@H]3[C@@](O)(C(=O)OC)[C@H](OC(C)=O)[C@]5(CC)C=CCN6CC[C@]43[C@@H]65)C2)C1.COc1cccc2c1C(=O)c1c(O)c3c(c(O)c1C2=O)C[C@@](O)(C(=O)CO)C[C@@H]3O[C@H]1C[C@H](N)[C@H](O)[C@H](C)O1.C[C@]12C=CC(=O)C=C1CC[C@@H]1[C@@H]2C(=O)C[C@@]2(C)[C@H]1CC[C@]2(O)C(=O)CO.O=P1(N(CCCl)CCCl)NCCCO1. The van der Waals surface area contributed by atoms with Crippen LogP contribution in [0.25, 0.3) is 10.9 Å². The van der Waals surface area contributed by atoms with Gasteiger partial charge >= 0.3 is 25.6 Å². The molecule has 0 radical (unpaired) electrons. The molecule has 19 rings (SSSR count). The zero-order valence-corrected chi connectivity index (χ0v) is 82.1. The van der Waals surface area contributed by atoms with Crippen LogP contribution in [0.3, 0.4) is 0 Å². The van der Waals surface area contributed by atoms with Crippen LogP contribution in [-0.2, 0) is 94.8 Å². The number of phenolic OH excluding ortho intramolecular Hbond substituents is 2. The molecule has 2 bridgehead atoms. The quantitative estimate of drug-likeness (QED) is 0.00685. The highest BCUT2D eigenvalue weighted by molar-refractivity contribution is 7.54. The van der Waals surface area contributed by atoms with Gasteiger partial charge in [-0.15, -0.1) is 23.2 Å². The van der Waals surface area contributed by atoms with Gasteiger partial charge in [-0.25, -0.2) is 14.6 Å². The van der Waals surface area contributed by atoms with Gasteiger partial charge in [0.1, 0.15) is 58.6 Å². The van der Waals surface area contributed by atoms with Gasteiger partial charge in [-0.2, -0.15) is 0 Å². The van der Waals surface area contributed by atoms with E-state index in [4.69, 9.17) is 66.6 Å². The van der Waals surface area contributed by atoms with Crippen LogP contribution in [0.2, 0.25) is 0 Å². The third-order valence-electron chi connectivity index (χ3n) is 33.3. The Morgan fingerprint density at radius 3 is 2.15 bits per heavy atom. The van der Waals surface area contributed by atoms with Gasteiger partial charge in [0.15, 0.2) is 35.5 Å². The monoisotopic (exact) mass is 1990 g/mol. The third-order valence-corrected chi connectivity index (χ3v) is 35.9. The molecule has 23 atom stereocenters. The average Bonchev–Trinajstić information content (AvgIpc) is 1.47. The zero-order chi connectivity index (χ0) is 100. The predicted molar refractivity (Wildman–Crippen MR) is 506 cm³/mol. The van der Waals surface area contributed by atoms with Gasteiger partial charge in [0.05, 0.1) is 87.4 Å². The number of nitrogens with zero attached hydrogens (tertiary/aromatic N) is 4. The van der Waals surface area contributed by atoms with E-state index in [0.717, 1.165) is 47.8 Å². The zero-order valence-electron chi connectivity index (χ0n) is 79.7. The largest absolute Gasteiger partial charge is 0.507 e. The Hall–Kier alpha value is -9.05. The lowest BCUT2D eigenvalue weighted by atomic mass is 9.46. The van der Waals surface area contributed by atoms with Gasteiger partial charge in [-0.1, -0.05) is 94.0 Å². The number of aromatic nitrogens is 1. The minimum atomic E-state index is -2.84. The van der Waals surface area contributed by atoms with Crippen LogP contribution in [0.1, 0.15) is 196 Å². The summed E-state index contributed by atoms with van der Waals surface area (Å²) in [6.45, 7) is 14.2. The first-order valence-electron chi connectivity index (χ1n) is 47.8. The van der Waals surface area contributed by atoms with Gasteiger partial charge in [0.2, 0.25) is 17.8 Å². The number of H-pyrrole nitrogens is 1. The third kappa shape index (κ3) is 16.3. The van der Waals surface area contributed by atoms with Gasteiger partial charge in [0, 0.05) is 169 Å². The summed E-state index contributed by atoms with van der Waals surface area (Å²) < 4.78 is 60.0. The molecule has 14 aliphatic rings. The number of anilines is 1. The first-order valence-corrected chi connectivity index (χ1v) is 50.4. The van der Waals surface area contributed by atoms with Crippen LogP contribution < -0.4 is 25.2 Å². The maximum absolute atomic E-state index is 15.2. The number of para-hydroxylation sites is 1. The average molecular weight is 1990 g/mol. The van der Waals surface area contributed by atoms with Crippen molar-refractivity contribution in [2.45, 2.75) is 220 Å². The number of nitrogens with one attached hydrogen (secondary N) is 2. The summed E-state index contributed by atoms with van der Waals surface area (Å²) in [4.78, 5) is 143.